The second-order valence-electron chi connectivity index (χ2n) is 7.71. The third-order valence-corrected chi connectivity index (χ3v) is 5.53. The van der Waals surface area contributed by atoms with Crippen LogP contribution in [0.4, 0.5) is 4.39 Å². The van der Waals surface area contributed by atoms with Crippen molar-refractivity contribution < 1.29 is 14.0 Å². The van der Waals surface area contributed by atoms with Crippen molar-refractivity contribution in [3.05, 3.63) is 70.5 Å². The van der Waals surface area contributed by atoms with Gasteiger partial charge >= 0.3 is 0 Å². The van der Waals surface area contributed by atoms with E-state index in [0.29, 0.717) is 38.3 Å². The Hall–Kier alpha value is -2.73. The van der Waals surface area contributed by atoms with E-state index in [0.717, 1.165) is 5.56 Å². The molecule has 1 fully saturated rings. The molecule has 1 atom stereocenters. The fourth-order valence-corrected chi connectivity index (χ4v) is 3.49. The van der Waals surface area contributed by atoms with Gasteiger partial charge in [0, 0.05) is 31.7 Å². The van der Waals surface area contributed by atoms with Crippen molar-refractivity contribution in [1.29, 1.82) is 0 Å². The largest absolute Gasteiger partial charge is 0.348 e. The summed E-state index contributed by atoms with van der Waals surface area (Å²) in [6, 6.07) is 11.8. The fourth-order valence-electron chi connectivity index (χ4n) is 3.49. The molecule has 29 heavy (non-hydrogen) atoms. The molecule has 1 saturated heterocycles. The van der Waals surface area contributed by atoms with E-state index in [2.05, 4.69) is 36.2 Å². The minimum Gasteiger partial charge on any atom is -0.348 e. The summed E-state index contributed by atoms with van der Waals surface area (Å²) in [5, 5.41) is 3.06. The first-order chi connectivity index (χ1) is 13.8. The Morgan fingerprint density at radius 3 is 2.28 bits per heavy atom. The molecule has 1 N–H and O–H groups in total. The van der Waals surface area contributed by atoms with Gasteiger partial charge in [-0.2, -0.15) is 0 Å². The second-order valence-corrected chi connectivity index (χ2v) is 7.71. The molecule has 3 rings (SSSR count). The van der Waals surface area contributed by atoms with Crippen molar-refractivity contribution in [3.8, 4) is 0 Å². The molecular weight excluding hydrogens is 369 g/mol. The quantitative estimate of drug-likeness (QED) is 0.844. The number of carbonyl (C=O) groups excluding carboxylic acids is 2. The predicted molar refractivity (Wildman–Crippen MR) is 111 cm³/mol. The SMILES string of the molecule is Cc1ccc(C(C)NC(=O)CN2CCN(C(=O)c3ccc(F)cc3)CC2)cc1C. The van der Waals surface area contributed by atoms with Crippen molar-refractivity contribution >= 4 is 11.8 Å². The summed E-state index contributed by atoms with van der Waals surface area (Å²) in [5.74, 6) is -0.473. The molecule has 1 aliphatic heterocycles. The van der Waals surface area contributed by atoms with Gasteiger partial charge in [0.25, 0.3) is 5.91 Å². The van der Waals surface area contributed by atoms with Gasteiger partial charge in [-0.15, -0.1) is 0 Å². The first-order valence-electron chi connectivity index (χ1n) is 9.97. The highest BCUT2D eigenvalue weighted by Crippen LogP contribution is 2.17. The number of piperazine rings is 1. The standard InChI is InChI=1S/C23H28FN3O2/c1-16-4-5-20(14-17(16)2)18(3)25-22(28)15-26-10-12-27(13-11-26)23(29)19-6-8-21(24)9-7-19/h4-9,14,18H,10-13,15H2,1-3H3,(H,25,28). The molecule has 5 nitrogen and oxygen atoms in total. The lowest BCUT2D eigenvalue weighted by Gasteiger charge is -2.34. The van der Waals surface area contributed by atoms with E-state index in [1.54, 1.807) is 4.90 Å². The Labute approximate surface area is 171 Å². The Morgan fingerprint density at radius 1 is 1.00 bits per heavy atom. The number of aryl methyl sites for hydroxylation is 2. The van der Waals surface area contributed by atoms with Crippen LogP contribution in [0.3, 0.4) is 0 Å². The first-order valence-corrected chi connectivity index (χ1v) is 9.97. The van der Waals surface area contributed by atoms with Gasteiger partial charge in [0.1, 0.15) is 5.82 Å². The zero-order valence-corrected chi connectivity index (χ0v) is 17.2. The summed E-state index contributed by atoms with van der Waals surface area (Å²) in [4.78, 5) is 28.7. The molecule has 0 aliphatic carbocycles. The molecule has 2 amide bonds. The number of hydrogen-bond donors (Lipinski definition) is 1. The molecule has 154 valence electrons. The first kappa shape index (κ1) is 21.0. The normalized spacial score (nSPS) is 15.8. The molecule has 0 bridgehead atoms. The lowest BCUT2D eigenvalue weighted by molar-refractivity contribution is -0.123. The van der Waals surface area contributed by atoms with Crippen molar-refractivity contribution in [2.24, 2.45) is 0 Å². The maximum atomic E-state index is 13.0. The van der Waals surface area contributed by atoms with Crippen LogP contribution in [-0.4, -0.2) is 54.3 Å². The van der Waals surface area contributed by atoms with Crippen LogP contribution in [-0.2, 0) is 4.79 Å². The number of carbonyl (C=O) groups is 2. The molecular formula is C23H28FN3O2. The van der Waals surface area contributed by atoms with Gasteiger partial charge in [-0.1, -0.05) is 18.2 Å². The number of halogens is 1. The van der Waals surface area contributed by atoms with Crippen molar-refractivity contribution in [1.82, 2.24) is 15.1 Å². The van der Waals surface area contributed by atoms with Crippen LogP contribution in [0.2, 0.25) is 0 Å². The number of rotatable bonds is 5. The van der Waals surface area contributed by atoms with Crippen molar-refractivity contribution in [3.63, 3.8) is 0 Å². The van der Waals surface area contributed by atoms with E-state index in [9.17, 15) is 14.0 Å². The Kier molecular flexibility index (Phi) is 6.64. The number of nitrogens with one attached hydrogen (secondary N) is 1. The Bertz CT molecular complexity index is 874. The average Bonchev–Trinajstić information content (AvgIpc) is 2.70. The number of hydrogen-bond acceptors (Lipinski definition) is 3. The van der Waals surface area contributed by atoms with Crippen LogP contribution in [0.5, 0.6) is 0 Å². The van der Waals surface area contributed by atoms with E-state index in [1.807, 2.05) is 13.0 Å². The smallest absolute Gasteiger partial charge is 0.253 e. The zero-order valence-electron chi connectivity index (χ0n) is 17.2. The lowest BCUT2D eigenvalue weighted by atomic mass is 10.0. The van der Waals surface area contributed by atoms with Gasteiger partial charge in [0.2, 0.25) is 5.91 Å². The van der Waals surface area contributed by atoms with Crippen molar-refractivity contribution in [2.75, 3.05) is 32.7 Å². The van der Waals surface area contributed by atoms with Crippen LogP contribution in [0.25, 0.3) is 0 Å². The Balaban J connectivity index is 1.47. The summed E-state index contributed by atoms with van der Waals surface area (Å²) in [7, 11) is 0. The molecule has 1 aliphatic rings. The Morgan fingerprint density at radius 2 is 1.66 bits per heavy atom. The highest BCUT2D eigenvalue weighted by atomic mass is 19.1. The topological polar surface area (TPSA) is 52.7 Å². The van der Waals surface area contributed by atoms with Crippen molar-refractivity contribution in [2.45, 2.75) is 26.8 Å². The molecule has 0 aromatic heterocycles. The number of nitrogens with zero attached hydrogens (tertiary/aromatic N) is 2. The second kappa shape index (κ2) is 9.18. The summed E-state index contributed by atoms with van der Waals surface area (Å²) in [6.45, 7) is 8.82. The van der Waals surface area contributed by atoms with E-state index in [4.69, 9.17) is 0 Å². The molecule has 0 spiro atoms. The predicted octanol–water partition coefficient (Wildman–Crippen LogP) is 3.08. The minimum absolute atomic E-state index is 0.0194. The lowest BCUT2D eigenvalue weighted by Crippen LogP contribution is -2.51. The number of benzene rings is 2. The molecule has 6 heteroatoms. The van der Waals surface area contributed by atoms with Crippen LogP contribution < -0.4 is 5.32 Å². The van der Waals surface area contributed by atoms with E-state index in [1.165, 1.54) is 35.4 Å². The third kappa shape index (κ3) is 5.41. The summed E-state index contributed by atoms with van der Waals surface area (Å²) < 4.78 is 13.0. The maximum absolute atomic E-state index is 13.0. The van der Waals surface area contributed by atoms with Gasteiger partial charge in [-0.05, 0) is 61.7 Å². The minimum atomic E-state index is -0.354. The highest BCUT2D eigenvalue weighted by Gasteiger charge is 2.23. The average molecular weight is 397 g/mol. The van der Waals surface area contributed by atoms with Gasteiger partial charge in [-0.25, -0.2) is 4.39 Å². The number of amides is 2. The maximum Gasteiger partial charge on any atom is 0.253 e. The van der Waals surface area contributed by atoms with E-state index >= 15 is 0 Å². The van der Waals surface area contributed by atoms with Crippen LogP contribution >= 0.6 is 0 Å². The fraction of sp³-hybridized carbons (Fsp3) is 0.391. The van der Waals surface area contributed by atoms with Gasteiger partial charge in [-0.3, -0.25) is 14.5 Å². The molecule has 2 aromatic carbocycles. The van der Waals surface area contributed by atoms with Gasteiger partial charge < -0.3 is 10.2 Å². The molecule has 2 aromatic rings. The summed E-state index contributed by atoms with van der Waals surface area (Å²) in [5.41, 5.74) is 4.03. The van der Waals surface area contributed by atoms with Crippen LogP contribution in [0, 0.1) is 19.7 Å². The third-order valence-electron chi connectivity index (χ3n) is 5.53. The molecule has 0 saturated carbocycles. The zero-order chi connectivity index (χ0) is 21.0. The van der Waals surface area contributed by atoms with Crippen LogP contribution in [0.15, 0.2) is 42.5 Å². The molecule has 0 radical (unpaired) electrons. The van der Waals surface area contributed by atoms with Crippen LogP contribution in [0.1, 0.15) is 40.0 Å². The van der Waals surface area contributed by atoms with E-state index in [-0.39, 0.29) is 23.7 Å². The summed E-state index contributed by atoms with van der Waals surface area (Å²) >= 11 is 0. The molecule has 1 heterocycles. The monoisotopic (exact) mass is 397 g/mol. The van der Waals surface area contributed by atoms with E-state index < -0.39 is 0 Å². The van der Waals surface area contributed by atoms with Gasteiger partial charge in [0.05, 0.1) is 12.6 Å². The van der Waals surface area contributed by atoms with Gasteiger partial charge in [0.15, 0.2) is 0 Å². The molecule has 1 unspecified atom stereocenters. The summed E-state index contributed by atoms with van der Waals surface area (Å²) in [6.07, 6.45) is 0. The highest BCUT2D eigenvalue weighted by molar-refractivity contribution is 5.94.